The zero-order chi connectivity index (χ0) is 21.4. The second-order valence-electron chi connectivity index (χ2n) is 6.69. The van der Waals surface area contributed by atoms with Gasteiger partial charge >= 0.3 is 12.1 Å². The highest BCUT2D eigenvalue weighted by Crippen LogP contribution is 2.15. The minimum Gasteiger partial charge on any atom is -0.461 e. The molecule has 0 radical (unpaired) electrons. The van der Waals surface area contributed by atoms with Crippen molar-refractivity contribution in [1.29, 1.82) is 0 Å². The summed E-state index contributed by atoms with van der Waals surface area (Å²) in [7, 11) is 0. The van der Waals surface area contributed by atoms with Crippen LogP contribution >= 0.6 is 0 Å². The maximum absolute atomic E-state index is 11.9. The largest absolute Gasteiger partial charge is 0.461 e. The van der Waals surface area contributed by atoms with Crippen molar-refractivity contribution >= 4 is 23.7 Å². The minimum absolute atomic E-state index is 0.110. The molecule has 0 saturated carbocycles. The Morgan fingerprint density at radius 3 is 2.45 bits per heavy atom. The van der Waals surface area contributed by atoms with Crippen LogP contribution in [0.3, 0.4) is 0 Å². The van der Waals surface area contributed by atoms with Gasteiger partial charge in [0, 0.05) is 30.0 Å². The molecule has 0 bridgehead atoms. The molecule has 9 heteroatoms. The van der Waals surface area contributed by atoms with Crippen LogP contribution < -0.4 is 10.6 Å². The average Bonchev–Trinajstić information content (AvgIpc) is 3.11. The van der Waals surface area contributed by atoms with Gasteiger partial charge in [-0.15, -0.1) is 0 Å². The Kier molecular flexibility index (Phi) is 7.76. The Morgan fingerprint density at radius 2 is 1.83 bits per heavy atom. The normalized spacial score (nSPS) is 11.6. The molecule has 0 fully saturated rings. The summed E-state index contributed by atoms with van der Waals surface area (Å²) in [5.41, 5.74) is 1.87. The van der Waals surface area contributed by atoms with E-state index in [-0.39, 0.29) is 24.3 Å². The van der Waals surface area contributed by atoms with Gasteiger partial charge in [0.05, 0.1) is 12.7 Å². The number of carbonyl (C=O) groups is 3. The predicted molar refractivity (Wildman–Crippen MR) is 107 cm³/mol. The molecule has 2 amide bonds. The van der Waals surface area contributed by atoms with Gasteiger partial charge in [0.15, 0.2) is 5.69 Å². The third kappa shape index (κ3) is 6.95. The summed E-state index contributed by atoms with van der Waals surface area (Å²) in [6.07, 6.45) is 2.21. The van der Waals surface area contributed by atoms with Gasteiger partial charge in [-0.3, -0.25) is 10.1 Å². The fraction of sp³-hybridized carbons (Fsp3) is 0.400. The molecule has 156 valence electrons. The summed E-state index contributed by atoms with van der Waals surface area (Å²) in [6, 6.07) is 7.20. The highest BCUT2D eigenvalue weighted by atomic mass is 16.6. The number of alkyl carbamates (subject to hydrolysis) is 1. The zero-order valence-electron chi connectivity index (χ0n) is 17.0. The summed E-state index contributed by atoms with van der Waals surface area (Å²) < 4.78 is 11.5. The molecular formula is C20H26N4O5. The predicted octanol–water partition coefficient (Wildman–Crippen LogP) is 2.90. The molecule has 0 aliphatic heterocycles. The van der Waals surface area contributed by atoms with Crippen molar-refractivity contribution in [3.63, 3.8) is 0 Å². The molecule has 2 aromatic rings. The lowest BCUT2D eigenvalue weighted by Gasteiger charge is -2.15. The van der Waals surface area contributed by atoms with E-state index in [0.717, 1.165) is 11.4 Å². The van der Waals surface area contributed by atoms with E-state index in [1.54, 1.807) is 31.5 Å². The van der Waals surface area contributed by atoms with Crippen LogP contribution in [0.1, 0.15) is 44.6 Å². The molecule has 2 rings (SSSR count). The number of amides is 2. The second kappa shape index (κ2) is 10.3. The lowest BCUT2D eigenvalue weighted by atomic mass is 10.2. The Bertz CT molecular complexity index is 845. The molecule has 1 atom stereocenters. The number of imide groups is 1. The Morgan fingerprint density at radius 1 is 1.14 bits per heavy atom. The first-order chi connectivity index (χ1) is 13.8. The maximum Gasteiger partial charge on any atom is 0.414 e. The van der Waals surface area contributed by atoms with Gasteiger partial charge in [0.25, 0.3) is 0 Å². The van der Waals surface area contributed by atoms with Gasteiger partial charge < -0.3 is 19.4 Å². The minimum atomic E-state index is -0.746. The van der Waals surface area contributed by atoms with E-state index in [1.165, 1.54) is 6.33 Å². The van der Waals surface area contributed by atoms with E-state index in [2.05, 4.69) is 15.6 Å². The number of benzene rings is 1. The number of esters is 1. The van der Waals surface area contributed by atoms with Crippen molar-refractivity contribution in [2.24, 2.45) is 0 Å². The fourth-order valence-corrected chi connectivity index (χ4v) is 2.53. The van der Waals surface area contributed by atoms with E-state index in [0.29, 0.717) is 6.61 Å². The number of anilines is 1. The van der Waals surface area contributed by atoms with Gasteiger partial charge in [0.1, 0.15) is 6.33 Å². The van der Waals surface area contributed by atoms with Crippen molar-refractivity contribution in [3.8, 4) is 5.69 Å². The summed E-state index contributed by atoms with van der Waals surface area (Å²) >= 11 is 0. The number of aromatic nitrogens is 2. The number of carbonyl (C=O) groups excluding carboxylic acids is 3. The number of hydrogen-bond acceptors (Lipinski definition) is 7. The third-order valence-corrected chi connectivity index (χ3v) is 3.72. The van der Waals surface area contributed by atoms with E-state index in [1.807, 2.05) is 31.2 Å². The first-order valence-corrected chi connectivity index (χ1v) is 9.37. The molecule has 2 N–H and O–H groups in total. The zero-order valence-corrected chi connectivity index (χ0v) is 17.0. The standard InChI is InChI=1S/C20H26N4O5/c1-5-28-19(26)17-11-24(12-21-17)16-8-6-15(7-9-16)22-14(4)10-18(25)23-20(27)29-13(2)3/h6-9,11-14,22H,5,10H2,1-4H3,(H,23,25,27). The molecule has 0 spiro atoms. The highest BCUT2D eigenvalue weighted by Gasteiger charge is 2.14. The molecule has 1 aromatic carbocycles. The van der Waals surface area contributed by atoms with Gasteiger partial charge in [-0.05, 0) is 52.0 Å². The van der Waals surface area contributed by atoms with Crippen molar-refractivity contribution in [2.45, 2.75) is 46.3 Å². The number of nitrogens with one attached hydrogen (secondary N) is 2. The van der Waals surface area contributed by atoms with Crippen LogP contribution in [-0.4, -0.2) is 46.3 Å². The van der Waals surface area contributed by atoms with Gasteiger partial charge in [-0.25, -0.2) is 14.6 Å². The molecule has 9 nitrogen and oxygen atoms in total. The number of nitrogens with zero attached hydrogens (tertiary/aromatic N) is 2. The van der Waals surface area contributed by atoms with Crippen LogP contribution in [0, 0.1) is 0 Å². The maximum atomic E-state index is 11.9. The second-order valence-corrected chi connectivity index (χ2v) is 6.69. The van der Waals surface area contributed by atoms with Crippen LogP contribution in [-0.2, 0) is 14.3 Å². The van der Waals surface area contributed by atoms with Crippen molar-refractivity contribution in [2.75, 3.05) is 11.9 Å². The van der Waals surface area contributed by atoms with Gasteiger partial charge in [0.2, 0.25) is 5.91 Å². The van der Waals surface area contributed by atoms with E-state index in [9.17, 15) is 14.4 Å². The molecule has 1 aromatic heterocycles. The number of rotatable bonds is 8. The molecule has 29 heavy (non-hydrogen) atoms. The lowest BCUT2D eigenvalue weighted by molar-refractivity contribution is -0.120. The molecule has 0 saturated heterocycles. The first kappa shape index (κ1) is 21.9. The quantitative estimate of drug-likeness (QED) is 0.653. The summed E-state index contributed by atoms with van der Waals surface area (Å²) in [5, 5.41) is 5.38. The van der Waals surface area contributed by atoms with Crippen LogP contribution in [0.15, 0.2) is 36.8 Å². The van der Waals surface area contributed by atoms with Crippen LogP contribution in [0.5, 0.6) is 0 Å². The Labute approximate surface area is 169 Å². The lowest BCUT2D eigenvalue weighted by Crippen LogP contribution is -2.35. The van der Waals surface area contributed by atoms with Crippen molar-refractivity contribution < 1.29 is 23.9 Å². The highest BCUT2D eigenvalue weighted by molar-refractivity contribution is 5.92. The topological polar surface area (TPSA) is 112 Å². The van der Waals surface area contributed by atoms with Gasteiger partial charge in [-0.1, -0.05) is 0 Å². The summed E-state index contributed by atoms with van der Waals surface area (Å²) in [5.74, 6) is -0.883. The Hall–Kier alpha value is -3.36. The van der Waals surface area contributed by atoms with Crippen molar-refractivity contribution in [1.82, 2.24) is 14.9 Å². The SMILES string of the molecule is CCOC(=O)c1cn(-c2ccc(NC(C)CC(=O)NC(=O)OC(C)C)cc2)cn1. The molecule has 1 heterocycles. The third-order valence-electron chi connectivity index (χ3n) is 3.72. The molecule has 1 unspecified atom stereocenters. The first-order valence-electron chi connectivity index (χ1n) is 9.37. The van der Waals surface area contributed by atoms with Crippen LogP contribution in [0.25, 0.3) is 5.69 Å². The smallest absolute Gasteiger partial charge is 0.414 e. The van der Waals surface area contributed by atoms with E-state index < -0.39 is 18.0 Å². The summed E-state index contributed by atoms with van der Waals surface area (Å²) in [6.45, 7) is 7.28. The van der Waals surface area contributed by atoms with E-state index >= 15 is 0 Å². The molecule has 0 aliphatic carbocycles. The van der Waals surface area contributed by atoms with Crippen LogP contribution in [0.4, 0.5) is 10.5 Å². The molecule has 0 aliphatic rings. The van der Waals surface area contributed by atoms with E-state index in [4.69, 9.17) is 9.47 Å². The van der Waals surface area contributed by atoms with Gasteiger partial charge in [-0.2, -0.15) is 0 Å². The van der Waals surface area contributed by atoms with Crippen LogP contribution in [0.2, 0.25) is 0 Å². The average molecular weight is 402 g/mol. The number of ether oxygens (including phenoxy) is 2. The summed E-state index contributed by atoms with van der Waals surface area (Å²) in [4.78, 5) is 39.1. The van der Waals surface area contributed by atoms with Crippen molar-refractivity contribution in [3.05, 3.63) is 42.5 Å². The number of hydrogen-bond donors (Lipinski definition) is 2. The fourth-order valence-electron chi connectivity index (χ4n) is 2.53. The number of imidazole rings is 1. The molecular weight excluding hydrogens is 376 g/mol. The Balaban J connectivity index is 1.89. The monoisotopic (exact) mass is 402 g/mol.